The third-order valence-electron chi connectivity index (χ3n) is 6.64. The van der Waals surface area contributed by atoms with E-state index in [1.54, 1.807) is 18.2 Å². The van der Waals surface area contributed by atoms with Crippen LogP contribution in [0.2, 0.25) is 0 Å². The molecule has 0 radical (unpaired) electrons. The van der Waals surface area contributed by atoms with Gasteiger partial charge in [-0.1, -0.05) is 18.2 Å². The third-order valence-corrected chi connectivity index (χ3v) is 7.23. The van der Waals surface area contributed by atoms with Crippen molar-refractivity contribution in [3.63, 3.8) is 0 Å². The van der Waals surface area contributed by atoms with Gasteiger partial charge in [0.05, 0.1) is 18.3 Å². The molecule has 2 heterocycles. The number of carbonyl (C=O) groups excluding carboxylic acids is 2. The number of likely N-dealkylation sites (tertiary alicyclic amines) is 1. The maximum atomic E-state index is 14.7. The summed E-state index contributed by atoms with van der Waals surface area (Å²) in [7, 11) is 0. The number of ketones is 1. The Morgan fingerprint density at radius 2 is 2.03 bits per heavy atom. The molecule has 1 aliphatic carbocycles. The number of Topliss-reactive ketones (excluding diaryl/α,β-unsaturated/α-hetero) is 1. The second kappa shape index (κ2) is 12.0. The first kappa shape index (κ1) is 25.6. The number of nitrogens with zero attached hydrogens (tertiary/aromatic N) is 3. The van der Waals surface area contributed by atoms with E-state index in [-0.39, 0.29) is 28.7 Å². The molecule has 1 saturated carbocycles. The lowest BCUT2D eigenvalue weighted by Gasteiger charge is -2.37. The van der Waals surface area contributed by atoms with Crippen LogP contribution in [0, 0.1) is 11.7 Å². The Balaban J connectivity index is 1.43. The summed E-state index contributed by atoms with van der Waals surface area (Å²) in [5.74, 6) is -0.319. The van der Waals surface area contributed by atoms with Gasteiger partial charge >= 0.3 is 5.97 Å². The molecule has 0 N–H and O–H groups in total. The van der Waals surface area contributed by atoms with Gasteiger partial charge in [0, 0.05) is 49.0 Å². The van der Waals surface area contributed by atoms with Crippen LogP contribution in [0.1, 0.15) is 62.7 Å². The highest BCUT2D eigenvalue weighted by Gasteiger charge is 2.40. The zero-order chi connectivity index (χ0) is 24.8. The van der Waals surface area contributed by atoms with Crippen molar-refractivity contribution in [1.82, 2.24) is 14.7 Å². The van der Waals surface area contributed by atoms with E-state index in [0.29, 0.717) is 31.7 Å². The van der Waals surface area contributed by atoms with Gasteiger partial charge in [-0.25, -0.2) is 4.39 Å². The van der Waals surface area contributed by atoms with Gasteiger partial charge in [0.2, 0.25) is 0 Å². The number of unbranched alkanes of at least 4 members (excludes halogenated alkanes) is 1. The Kier molecular flexibility index (Phi) is 8.78. The maximum absolute atomic E-state index is 14.7. The third kappa shape index (κ3) is 6.82. The first-order valence-corrected chi connectivity index (χ1v) is 13.1. The summed E-state index contributed by atoms with van der Waals surface area (Å²) < 4.78 is 21.6. The number of benzene rings is 1. The first-order chi connectivity index (χ1) is 17.0. The van der Waals surface area contributed by atoms with Crippen molar-refractivity contribution < 1.29 is 18.7 Å². The molecule has 0 amide bonds. The zero-order valence-electron chi connectivity index (χ0n) is 20.2. The summed E-state index contributed by atoms with van der Waals surface area (Å²) in [6, 6.07) is 8.03. The predicted octanol–water partition coefficient (Wildman–Crippen LogP) is 4.86. The largest absolute Gasteiger partial charge is 0.466 e. The average Bonchev–Trinajstić information content (AvgIpc) is 3.60. The van der Waals surface area contributed by atoms with Gasteiger partial charge in [0.25, 0.3) is 0 Å². The number of aryl methyl sites for hydroxylation is 1. The van der Waals surface area contributed by atoms with Gasteiger partial charge in [-0.15, -0.1) is 0 Å². The van der Waals surface area contributed by atoms with Crippen molar-refractivity contribution in [3.8, 4) is 0 Å². The minimum Gasteiger partial charge on any atom is -0.466 e. The fourth-order valence-corrected chi connectivity index (χ4v) is 4.89. The molecule has 0 spiro atoms. The van der Waals surface area contributed by atoms with Crippen molar-refractivity contribution in [2.45, 2.75) is 63.3 Å². The molecule has 2 aromatic rings. The zero-order valence-corrected chi connectivity index (χ0v) is 21.1. The molecule has 8 heteroatoms. The molecule has 1 aliphatic heterocycles. The number of piperidine rings is 1. The minimum absolute atomic E-state index is 0.0419. The summed E-state index contributed by atoms with van der Waals surface area (Å²) in [5, 5.41) is 4.72. The topological polar surface area (TPSA) is 64.4 Å². The Morgan fingerprint density at radius 3 is 2.77 bits per heavy atom. The van der Waals surface area contributed by atoms with Crippen LogP contribution in [0.15, 0.2) is 42.1 Å². The van der Waals surface area contributed by atoms with Crippen LogP contribution in [0.3, 0.4) is 0 Å². The van der Waals surface area contributed by atoms with Gasteiger partial charge in [-0.3, -0.25) is 19.2 Å². The highest BCUT2D eigenvalue weighted by atomic mass is 32.1. The Hall–Kier alpha value is -2.45. The molecule has 6 nitrogen and oxygen atoms in total. The van der Waals surface area contributed by atoms with Crippen molar-refractivity contribution in [3.05, 3.63) is 59.2 Å². The lowest BCUT2D eigenvalue weighted by Crippen LogP contribution is -2.42. The summed E-state index contributed by atoms with van der Waals surface area (Å²) in [6.07, 6.45) is 8.57. The van der Waals surface area contributed by atoms with Crippen molar-refractivity contribution >= 4 is 30.5 Å². The number of carbonyl (C=O) groups is 2. The normalized spacial score (nSPS) is 20.7. The van der Waals surface area contributed by atoms with Gasteiger partial charge < -0.3 is 4.74 Å². The number of ether oxygens (including phenoxy) is 1. The van der Waals surface area contributed by atoms with Gasteiger partial charge in [-0.05, 0) is 62.8 Å². The fraction of sp³-hybridized carbons (Fsp3) is 0.519. The Morgan fingerprint density at radius 1 is 1.23 bits per heavy atom. The Bertz CT molecular complexity index is 1070. The van der Waals surface area contributed by atoms with Gasteiger partial charge in [-0.2, -0.15) is 17.7 Å². The number of esters is 1. The minimum atomic E-state index is -0.565. The quantitative estimate of drug-likeness (QED) is 0.272. The number of hydrogen-bond acceptors (Lipinski definition) is 6. The van der Waals surface area contributed by atoms with E-state index in [1.165, 1.54) is 6.07 Å². The molecule has 2 fully saturated rings. The highest BCUT2D eigenvalue weighted by molar-refractivity contribution is 7.81. The number of halogens is 1. The first-order valence-electron chi connectivity index (χ1n) is 12.6. The summed E-state index contributed by atoms with van der Waals surface area (Å²) in [5.41, 5.74) is 2.38. The highest BCUT2D eigenvalue weighted by Crippen LogP contribution is 2.39. The van der Waals surface area contributed by atoms with E-state index in [4.69, 9.17) is 17.4 Å². The smallest absolute Gasteiger partial charge is 0.305 e. The number of aromatic nitrogens is 2. The fourth-order valence-electron chi connectivity index (χ4n) is 4.62. The van der Waals surface area contributed by atoms with Crippen molar-refractivity contribution in [1.29, 1.82) is 0 Å². The van der Waals surface area contributed by atoms with Crippen molar-refractivity contribution in [2.75, 3.05) is 19.7 Å². The van der Waals surface area contributed by atoms with Crippen LogP contribution < -0.4 is 0 Å². The molecule has 1 aromatic carbocycles. The lowest BCUT2D eigenvalue weighted by atomic mass is 9.93. The molecule has 1 aromatic heterocycles. The molecule has 4 rings (SSSR count). The molecule has 2 unspecified atom stereocenters. The Labute approximate surface area is 211 Å². The van der Waals surface area contributed by atoms with E-state index in [1.807, 2.05) is 29.9 Å². The van der Waals surface area contributed by atoms with Gasteiger partial charge in [0.1, 0.15) is 5.82 Å². The second-order valence-electron chi connectivity index (χ2n) is 9.36. The molecule has 0 bridgehead atoms. The van der Waals surface area contributed by atoms with E-state index in [0.717, 1.165) is 49.9 Å². The standard InChI is InChI=1S/C27H34FN3O3S/c1-2-34-25(32)9-5-6-14-31-16-12-21(29-31)17-20-18-30(15-13-24(20)35)26(27(33)19-10-11-19)22-7-3-4-8-23(22)28/h3-4,7-8,12,16-17,19,24,26,35H,2,5-6,9-11,13-15,18H2,1H3. The molecular weight excluding hydrogens is 465 g/mol. The van der Waals surface area contributed by atoms with E-state index >= 15 is 0 Å². The summed E-state index contributed by atoms with van der Waals surface area (Å²) in [4.78, 5) is 26.8. The van der Waals surface area contributed by atoms with Crippen LogP contribution in [-0.2, 0) is 20.9 Å². The van der Waals surface area contributed by atoms with Crippen LogP contribution in [-0.4, -0.2) is 51.4 Å². The molecule has 2 aliphatic rings. The second-order valence-corrected chi connectivity index (χ2v) is 9.98. The van der Waals surface area contributed by atoms with Crippen LogP contribution in [0.5, 0.6) is 0 Å². The lowest BCUT2D eigenvalue weighted by molar-refractivity contribution is -0.143. The summed E-state index contributed by atoms with van der Waals surface area (Å²) >= 11 is 4.79. The SMILES string of the molecule is CCOC(=O)CCCCn1ccc(C=C2CN(C(C(=O)C3CC3)c3ccccc3F)CCC2S)n1. The maximum Gasteiger partial charge on any atom is 0.305 e. The number of hydrogen-bond donors (Lipinski definition) is 1. The van der Waals surface area contributed by atoms with Crippen molar-refractivity contribution in [2.24, 2.45) is 5.92 Å². The summed E-state index contributed by atoms with van der Waals surface area (Å²) in [6.45, 7) is 4.19. The van der Waals surface area contributed by atoms with Crippen LogP contribution >= 0.6 is 12.6 Å². The number of thiol groups is 1. The van der Waals surface area contributed by atoms with E-state index in [9.17, 15) is 14.0 Å². The molecule has 2 atom stereocenters. The van der Waals surface area contributed by atoms with Crippen LogP contribution in [0.4, 0.5) is 4.39 Å². The molecule has 1 saturated heterocycles. The molecule has 188 valence electrons. The number of rotatable bonds is 11. The van der Waals surface area contributed by atoms with E-state index in [2.05, 4.69) is 10.00 Å². The predicted molar refractivity (Wildman–Crippen MR) is 137 cm³/mol. The van der Waals surface area contributed by atoms with E-state index < -0.39 is 6.04 Å². The van der Waals surface area contributed by atoms with Crippen LogP contribution in [0.25, 0.3) is 6.08 Å². The molecule has 35 heavy (non-hydrogen) atoms. The average molecular weight is 500 g/mol. The molecular formula is C27H34FN3O3S. The van der Waals surface area contributed by atoms with Gasteiger partial charge in [0.15, 0.2) is 5.78 Å². The monoisotopic (exact) mass is 499 g/mol.